The summed E-state index contributed by atoms with van der Waals surface area (Å²) in [7, 11) is 0. The maximum Gasteiger partial charge on any atom is 0.416 e. The summed E-state index contributed by atoms with van der Waals surface area (Å²) in [6.07, 6.45) is -9.02. The van der Waals surface area contributed by atoms with Crippen molar-refractivity contribution in [2.75, 3.05) is 26.2 Å². The highest BCUT2D eigenvalue weighted by molar-refractivity contribution is 5.83. The van der Waals surface area contributed by atoms with Crippen LogP contribution in [0.15, 0.2) is 89.7 Å². The molecule has 1 amide bonds. The summed E-state index contributed by atoms with van der Waals surface area (Å²) < 4.78 is 83.5. The lowest BCUT2D eigenvalue weighted by Crippen LogP contribution is -2.40. The van der Waals surface area contributed by atoms with Gasteiger partial charge in [-0.3, -0.25) is 9.59 Å². The number of aromatic nitrogens is 2. The molecule has 60 heavy (non-hydrogen) atoms. The van der Waals surface area contributed by atoms with E-state index >= 15 is 0 Å². The maximum absolute atomic E-state index is 14.5. The Kier molecular flexibility index (Phi) is 16.1. The summed E-state index contributed by atoms with van der Waals surface area (Å²) in [5, 5.41) is 32.6. The molecule has 4 N–H and O–H groups in total. The Hall–Kier alpha value is -6.11. The molecule has 18 heteroatoms. The lowest BCUT2D eigenvalue weighted by molar-refractivity contribution is -0.165. The molecule has 0 radical (unpaired) electrons. The standard InChI is InChI=1S/C38H36F6N4O2.C4H6O6/c1-3-46(4-2)20-21-47(23-25-8-10-26(11-9-25)27-12-15-29(16-13-27)38(42,43)44)35(49)24-48-33-22-30(39)17-18-31(33)37(50)45-34(48)19-14-28-6-5-7-32(40)36(28)41;5-1(3(7)8)2(6)4(9)10/h5-13,15-18,22H,3-4,14,19-21,23-24H2,1-2H3;1-2,5-6H,(H,7,8)(H,9,10)/t;1-,2-/m.1/s1. The molecule has 5 rings (SSSR count). The van der Waals surface area contributed by atoms with Gasteiger partial charge in [0.25, 0.3) is 5.56 Å². The zero-order valence-electron chi connectivity index (χ0n) is 32.4. The van der Waals surface area contributed by atoms with E-state index < -0.39 is 58.9 Å². The van der Waals surface area contributed by atoms with E-state index in [9.17, 15) is 45.5 Å². The molecule has 2 atom stereocenters. The van der Waals surface area contributed by atoms with Gasteiger partial charge < -0.3 is 34.8 Å². The van der Waals surface area contributed by atoms with E-state index in [1.54, 1.807) is 29.2 Å². The first-order valence-corrected chi connectivity index (χ1v) is 18.5. The molecule has 4 aromatic carbocycles. The third-order valence-electron chi connectivity index (χ3n) is 9.58. The molecule has 0 saturated carbocycles. The molecule has 1 heterocycles. The lowest BCUT2D eigenvalue weighted by atomic mass is 10.0. The number of aliphatic hydroxyl groups is 2. The minimum absolute atomic E-state index is 0.0258. The number of nitrogens with zero attached hydrogens (tertiary/aromatic N) is 4. The van der Waals surface area contributed by atoms with Crippen LogP contribution in [0.5, 0.6) is 0 Å². The molecule has 320 valence electrons. The number of carboxylic acid groups (broad SMARTS) is 2. The van der Waals surface area contributed by atoms with Gasteiger partial charge in [-0.15, -0.1) is 0 Å². The zero-order chi connectivity index (χ0) is 44.3. The van der Waals surface area contributed by atoms with Crippen molar-refractivity contribution in [1.82, 2.24) is 19.4 Å². The highest BCUT2D eigenvalue weighted by Gasteiger charge is 2.30. The molecule has 0 aliphatic rings. The topological polar surface area (TPSA) is 174 Å². The molecule has 0 spiro atoms. The molecule has 0 fully saturated rings. The lowest BCUT2D eigenvalue weighted by Gasteiger charge is -2.28. The van der Waals surface area contributed by atoms with Crippen LogP contribution in [0.3, 0.4) is 0 Å². The fourth-order valence-electron chi connectivity index (χ4n) is 6.12. The van der Waals surface area contributed by atoms with Gasteiger partial charge in [-0.05, 0) is 78.2 Å². The number of aliphatic hydroxyl groups excluding tert-OH is 2. The first-order valence-electron chi connectivity index (χ1n) is 18.5. The maximum atomic E-state index is 14.5. The van der Waals surface area contributed by atoms with Crippen molar-refractivity contribution in [2.45, 2.75) is 58.2 Å². The third-order valence-corrected chi connectivity index (χ3v) is 9.58. The Morgan fingerprint density at radius 1 is 0.783 bits per heavy atom. The SMILES string of the molecule is CCN(CC)CCN(Cc1ccc(-c2ccc(C(F)(F)F)cc2)cc1)C(=O)Cn1c(CCc2cccc(F)c2F)nc(=O)c2ccc(F)cc21.O=C(O)[C@H](O)[C@@H](O)C(=O)O. The summed E-state index contributed by atoms with van der Waals surface area (Å²) in [5.41, 5.74) is 0.923. The summed E-state index contributed by atoms with van der Waals surface area (Å²) in [5.74, 6) is -6.42. The van der Waals surface area contributed by atoms with Crippen molar-refractivity contribution in [3.8, 4) is 11.1 Å². The van der Waals surface area contributed by atoms with Crippen LogP contribution in [-0.4, -0.2) is 96.0 Å². The average Bonchev–Trinajstić information content (AvgIpc) is 3.21. The number of benzene rings is 4. The van der Waals surface area contributed by atoms with E-state index in [2.05, 4.69) is 9.88 Å². The van der Waals surface area contributed by atoms with Gasteiger partial charge in [0.1, 0.15) is 18.2 Å². The largest absolute Gasteiger partial charge is 0.479 e. The number of carbonyl (C=O) groups excluding carboxylic acids is 1. The van der Waals surface area contributed by atoms with Crippen molar-refractivity contribution in [3.63, 3.8) is 0 Å². The quantitative estimate of drug-likeness (QED) is 0.0926. The van der Waals surface area contributed by atoms with Crippen LogP contribution in [0.25, 0.3) is 22.0 Å². The molecule has 1 aromatic heterocycles. The van der Waals surface area contributed by atoms with Crippen LogP contribution in [0, 0.1) is 17.5 Å². The van der Waals surface area contributed by atoms with Gasteiger partial charge in [-0.2, -0.15) is 18.2 Å². The number of likely N-dealkylation sites (N-methyl/N-ethyl adjacent to an activating group) is 1. The van der Waals surface area contributed by atoms with Gasteiger partial charge in [-0.25, -0.2) is 22.8 Å². The second-order valence-electron chi connectivity index (χ2n) is 13.5. The van der Waals surface area contributed by atoms with Crippen LogP contribution in [-0.2, 0) is 46.5 Å². The van der Waals surface area contributed by atoms with Gasteiger partial charge in [0.05, 0.1) is 16.5 Å². The van der Waals surface area contributed by atoms with E-state index in [4.69, 9.17) is 20.4 Å². The number of aliphatic carboxylic acids is 2. The monoisotopic (exact) mass is 844 g/mol. The number of rotatable bonds is 16. The van der Waals surface area contributed by atoms with E-state index in [1.165, 1.54) is 34.9 Å². The Morgan fingerprint density at radius 2 is 1.37 bits per heavy atom. The third kappa shape index (κ3) is 12.2. The van der Waals surface area contributed by atoms with Crippen molar-refractivity contribution >= 4 is 28.7 Å². The number of carbonyl (C=O) groups is 3. The Labute approximate surface area is 339 Å². The molecule has 0 aliphatic heterocycles. The second kappa shape index (κ2) is 20.7. The Balaban J connectivity index is 0.000000703. The molecular weight excluding hydrogens is 802 g/mol. The molecule has 12 nitrogen and oxygen atoms in total. The first-order chi connectivity index (χ1) is 28.3. The van der Waals surface area contributed by atoms with Crippen LogP contribution in [0.1, 0.15) is 36.4 Å². The van der Waals surface area contributed by atoms with Gasteiger partial charge in [0, 0.05) is 26.1 Å². The normalized spacial score (nSPS) is 12.4. The number of fused-ring (bicyclic) bond motifs is 1. The van der Waals surface area contributed by atoms with Crippen molar-refractivity contribution in [2.24, 2.45) is 0 Å². The van der Waals surface area contributed by atoms with Gasteiger partial charge >= 0.3 is 18.1 Å². The fourth-order valence-corrected chi connectivity index (χ4v) is 6.12. The molecular formula is C42H42F6N4O8. The fraction of sp³-hybridized carbons (Fsp3) is 0.310. The van der Waals surface area contributed by atoms with Crippen LogP contribution in [0.4, 0.5) is 26.3 Å². The first kappa shape index (κ1) is 46.6. The van der Waals surface area contributed by atoms with Crippen LogP contribution < -0.4 is 5.56 Å². The van der Waals surface area contributed by atoms with Gasteiger partial charge in [0.2, 0.25) is 5.91 Å². The van der Waals surface area contributed by atoms with Crippen LogP contribution in [0.2, 0.25) is 0 Å². The predicted molar refractivity (Wildman–Crippen MR) is 207 cm³/mol. The van der Waals surface area contributed by atoms with E-state index in [1.807, 2.05) is 13.8 Å². The number of halogens is 6. The summed E-state index contributed by atoms with van der Waals surface area (Å²) in [4.78, 5) is 54.6. The minimum atomic E-state index is -4.44. The van der Waals surface area contributed by atoms with Crippen molar-refractivity contribution in [1.29, 1.82) is 0 Å². The highest BCUT2D eigenvalue weighted by Crippen LogP contribution is 2.31. The van der Waals surface area contributed by atoms with Crippen molar-refractivity contribution < 1.29 is 61.2 Å². The predicted octanol–water partition coefficient (Wildman–Crippen LogP) is 5.53. The van der Waals surface area contributed by atoms with Crippen molar-refractivity contribution in [3.05, 3.63) is 135 Å². The number of amides is 1. The van der Waals surface area contributed by atoms with Crippen LogP contribution >= 0.6 is 0 Å². The number of hydrogen-bond donors (Lipinski definition) is 4. The van der Waals surface area contributed by atoms with Gasteiger partial charge in [-0.1, -0.05) is 62.4 Å². The molecule has 0 aliphatic carbocycles. The summed E-state index contributed by atoms with van der Waals surface area (Å²) in [6, 6.07) is 19.4. The molecule has 0 saturated heterocycles. The Morgan fingerprint density at radius 3 is 1.92 bits per heavy atom. The zero-order valence-corrected chi connectivity index (χ0v) is 32.4. The van der Waals surface area contributed by atoms with E-state index in [0.29, 0.717) is 24.2 Å². The average molecular weight is 845 g/mol. The Bertz CT molecular complexity index is 2320. The van der Waals surface area contributed by atoms with E-state index in [-0.39, 0.29) is 54.1 Å². The second-order valence-corrected chi connectivity index (χ2v) is 13.5. The number of alkyl halides is 3. The molecule has 0 unspecified atom stereocenters. The molecule has 0 bridgehead atoms. The summed E-state index contributed by atoms with van der Waals surface area (Å²) >= 11 is 0. The number of carboxylic acids is 2. The highest BCUT2D eigenvalue weighted by atomic mass is 19.4. The number of aryl methyl sites for hydroxylation is 2. The number of hydrogen-bond acceptors (Lipinski definition) is 8. The molecule has 5 aromatic rings. The summed E-state index contributed by atoms with van der Waals surface area (Å²) in [6.45, 7) is 6.32. The van der Waals surface area contributed by atoms with E-state index in [0.717, 1.165) is 49.0 Å². The minimum Gasteiger partial charge on any atom is -0.479 e. The van der Waals surface area contributed by atoms with Gasteiger partial charge in [0.15, 0.2) is 23.8 Å². The smallest absolute Gasteiger partial charge is 0.416 e.